The predicted octanol–water partition coefficient (Wildman–Crippen LogP) is 4.73. The van der Waals surface area contributed by atoms with E-state index in [-0.39, 0.29) is 17.3 Å². The number of para-hydroxylation sites is 1. The molecule has 0 bridgehead atoms. The Kier molecular flexibility index (Phi) is 5.73. The van der Waals surface area contributed by atoms with Crippen molar-refractivity contribution in [2.24, 2.45) is 13.0 Å². The predicted molar refractivity (Wildman–Crippen MR) is 132 cm³/mol. The molecule has 0 saturated carbocycles. The van der Waals surface area contributed by atoms with Crippen molar-refractivity contribution in [3.63, 3.8) is 0 Å². The van der Waals surface area contributed by atoms with E-state index in [1.165, 1.54) is 0 Å². The number of piperidine rings is 1. The Morgan fingerprint density at radius 3 is 2.52 bits per heavy atom. The van der Waals surface area contributed by atoms with Gasteiger partial charge >= 0.3 is 0 Å². The second-order valence-electron chi connectivity index (χ2n) is 9.01. The summed E-state index contributed by atoms with van der Waals surface area (Å²) in [6, 6.07) is 23.8. The van der Waals surface area contributed by atoms with Crippen molar-refractivity contribution < 1.29 is 4.79 Å². The summed E-state index contributed by atoms with van der Waals surface area (Å²) in [5, 5.41) is 2.11. The van der Waals surface area contributed by atoms with Gasteiger partial charge in [-0.05, 0) is 49.2 Å². The smallest absolute Gasteiger partial charge is 0.276 e. The van der Waals surface area contributed by atoms with Crippen LogP contribution in [-0.4, -0.2) is 33.1 Å². The molecule has 2 heterocycles. The Balaban J connectivity index is 1.39. The first kappa shape index (κ1) is 21.4. The van der Waals surface area contributed by atoms with Gasteiger partial charge in [-0.3, -0.25) is 19.2 Å². The summed E-state index contributed by atoms with van der Waals surface area (Å²) in [5.74, 6) is 0.160. The standard InChI is InChI=1S/C28H29N3O2/c1-20-26(28(33)31(29(20)2)23-13-4-3-5-14-23)19-30-17-9-12-22(18-30)27(32)25-16-8-11-21-10-6-7-15-24(21)25/h3-8,10-11,13-16,22H,9,12,17-19H2,1-2H3/t22-/m1/s1. The average molecular weight is 440 g/mol. The van der Waals surface area contributed by atoms with Crippen LogP contribution >= 0.6 is 0 Å². The zero-order valence-corrected chi connectivity index (χ0v) is 19.2. The third-order valence-electron chi connectivity index (χ3n) is 6.99. The summed E-state index contributed by atoms with van der Waals surface area (Å²) < 4.78 is 3.66. The van der Waals surface area contributed by atoms with E-state index in [1.807, 2.05) is 79.3 Å². The number of likely N-dealkylation sites (tertiary alicyclic amines) is 1. The Morgan fingerprint density at radius 1 is 0.970 bits per heavy atom. The highest BCUT2D eigenvalue weighted by Gasteiger charge is 2.29. The second kappa shape index (κ2) is 8.83. The van der Waals surface area contributed by atoms with Crippen LogP contribution in [0.2, 0.25) is 0 Å². The van der Waals surface area contributed by atoms with E-state index in [0.717, 1.165) is 52.7 Å². The zero-order chi connectivity index (χ0) is 22.9. The highest BCUT2D eigenvalue weighted by molar-refractivity contribution is 6.09. The number of benzene rings is 3. The van der Waals surface area contributed by atoms with Gasteiger partial charge < -0.3 is 0 Å². The van der Waals surface area contributed by atoms with Crippen molar-refractivity contribution in [3.8, 4) is 5.69 Å². The lowest BCUT2D eigenvalue weighted by Gasteiger charge is -2.32. The van der Waals surface area contributed by atoms with Crippen molar-refractivity contribution >= 4 is 16.6 Å². The molecule has 5 rings (SSSR count). The third kappa shape index (κ3) is 3.93. The summed E-state index contributed by atoms with van der Waals surface area (Å²) >= 11 is 0. The van der Waals surface area contributed by atoms with Crippen molar-refractivity contribution in [2.75, 3.05) is 13.1 Å². The van der Waals surface area contributed by atoms with Crippen LogP contribution in [-0.2, 0) is 13.6 Å². The fraction of sp³-hybridized carbons (Fsp3) is 0.286. The molecule has 5 heteroatoms. The van der Waals surface area contributed by atoms with Gasteiger partial charge in [0.2, 0.25) is 0 Å². The van der Waals surface area contributed by atoms with Gasteiger partial charge in [-0.2, -0.15) is 0 Å². The lowest BCUT2D eigenvalue weighted by atomic mass is 9.88. The molecule has 1 aromatic heterocycles. The molecule has 5 nitrogen and oxygen atoms in total. The lowest BCUT2D eigenvalue weighted by molar-refractivity contribution is 0.0813. The molecule has 1 atom stereocenters. The molecule has 3 aromatic carbocycles. The van der Waals surface area contributed by atoms with Gasteiger partial charge in [-0.1, -0.05) is 60.7 Å². The summed E-state index contributed by atoms with van der Waals surface area (Å²) in [6.07, 6.45) is 1.85. The van der Waals surface area contributed by atoms with E-state index in [0.29, 0.717) is 13.1 Å². The normalized spacial score (nSPS) is 16.8. The maximum absolute atomic E-state index is 13.5. The molecule has 1 aliphatic rings. The topological polar surface area (TPSA) is 47.2 Å². The monoisotopic (exact) mass is 439 g/mol. The largest absolute Gasteiger partial charge is 0.298 e. The summed E-state index contributed by atoms with van der Waals surface area (Å²) in [7, 11) is 1.93. The molecule has 1 saturated heterocycles. The molecule has 33 heavy (non-hydrogen) atoms. The number of aromatic nitrogens is 2. The maximum atomic E-state index is 13.5. The summed E-state index contributed by atoms with van der Waals surface area (Å²) in [5.41, 5.74) is 3.46. The fourth-order valence-corrected chi connectivity index (χ4v) is 5.10. The van der Waals surface area contributed by atoms with E-state index in [4.69, 9.17) is 0 Å². The van der Waals surface area contributed by atoms with Crippen LogP contribution in [0.15, 0.2) is 77.6 Å². The molecule has 168 valence electrons. The molecule has 1 aliphatic heterocycles. The zero-order valence-electron chi connectivity index (χ0n) is 19.2. The van der Waals surface area contributed by atoms with Crippen LogP contribution < -0.4 is 5.56 Å². The van der Waals surface area contributed by atoms with Gasteiger partial charge in [-0.15, -0.1) is 0 Å². The number of hydrogen-bond donors (Lipinski definition) is 0. The maximum Gasteiger partial charge on any atom is 0.276 e. The minimum Gasteiger partial charge on any atom is -0.298 e. The van der Waals surface area contributed by atoms with Crippen molar-refractivity contribution in [2.45, 2.75) is 26.3 Å². The summed E-state index contributed by atoms with van der Waals surface area (Å²) in [6.45, 7) is 4.15. The number of fused-ring (bicyclic) bond motifs is 1. The first-order chi connectivity index (χ1) is 16.0. The molecule has 4 aromatic rings. The van der Waals surface area contributed by atoms with Crippen LogP contribution in [0, 0.1) is 12.8 Å². The van der Waals surface area contributed by atoms with E-state index < -0.39 is 0 Å². The highest BCUT2D eigenvalue weighted by Crippen LogP contribution is 2.26. The number of hydrogen-bond acceptors (Lipinski definition) is 3. The van der Waals surface area contributed by atoms with E-state index in [2.05, 4.69) is 17.0 Å². The van der Waals surface area contributed by atoms with E-state index in [1.54, 1.807) is 4.68 Å². The Labute approximate surface area is 193 Å². The fourth-order valence-electron chi connectivity index (χ4n) is 5.10. The molecule has 0 aliphatic carbocycles. The minimum absolute atomic E-state index is 0.0173. The summed E-state index contributed by atoms with van der Waals surface area (Å²) in [4.78, 5) is 29.1. The average Bonchev–Trinajstić information content (AvgIpc) is 3.07. The van der Waals surface area contributed by atoms with Crippen LogP contribution in [0.1, 0.15) is 34.5 Å². The SMILES string of the molecule is Cc1c(CN2CCC[C@@H](C(=O)c3cccc4ccccc34)C2)c(=O)n(-c2ccccc2)n1C. The van der Waals surface area contributed by atoms with Crippen LogP contribution in [0.25, 0.3) is 16.5 Å². The first-order valence-electron chi connectivity index (χ1n) is 11.6. The van der Waals surface area contributed by atoms with Crippen molar-refractivity contribution in [3.05, 3.63) is 100.0 Å². The molecular formula is C28H29N3O2. The highest BCUT2D eigenvalue weighted by atomic mass is 16.1. The van der Waals surface area contributed by atoms with Crippen LogP contribution in [0.3, 0.4) is 0 Å². The Hall–Kier alpha value is -3.44. The molecule has 0 unspecified atom stereocenters. The number of rotatable bonds is 5. The van der Waals surface area contributed by atoms with Gasteiger partial charge in [0.15, 0.2) is 5.78 Å². The lowest BCUT2D eigenvalue weighted by Crippen LogP contribution is -2.39. The quantitative estimate of drug-likeness (QED) is 0.422. The number of Topliss-reactive ketones (excluding diaryl/α,β-unsaturated/α-hetero) is 1. The molecule has 0 amide bonds. The van der Waals surface area contributed by atoms with Gasteiger partial charge in [0.1, 0.15) is 0 Å². The number of ketones is 1. The van der Waals surface area contributed by atoms with Gasteiger partial charge in [0, 0.05) is 37.3 Å². The van der Waals surface area contributed by atoms with Crippen molar-refractivity contribution in [1.29, 1.82) is 0 Å². The molecule has 0 radical (unpaired) electrons. The van der Waals surface area contributed by atoms with Gasteiger partial charge in [0.05, 0.1) is 11.3 Å². The number of carbonyl (C=O) groups excluding carboxylic acids is 1. The third-order valence-corrected chi connectivity index (χ3v) is 6.99. The molecule has 0 N–H and O–H groups in total. The molecular weight excluding hydrogens is 410 g/mol. The first-order valence-corrected chi connectivity index (χ1v) is 11.6. The Morgan fingerprint density at radius 2 is 1.70 bits per heavy atom. The van der Waals surface area contributed by atoms with Gasteiger partial charge in [0.25, 0.3) is 5.56 Å². The number of nitrogens with zero attached hydrogens (tertiary/aromatic N) is 3. The molecule has 1 fully saturated rings. The van der Waals surface area contributed by atoms with E-state index in [9.17, 15) is 9.59 Å². The van der Waals surface area contributed by atoms with Crippen molar-refractivity contribution in [1.82, 2.24) is 14.3 Å². The second-order valence-corrected chi connectivity index (χ2v) is 9.01. The minimum atomic E-state index is -0.0510. The van der Waals surface area contributed by atoms with Crippen LogP contribution in [0.4, 0.5) is 0 Å². The van der Waals surface area contributed by atoms with Crippen LogP contribution in [0.5, 0.6) is 0 Å². The van der Waals surface area contributed by atoms with E-state index >= 15 is 0 Å². The number of carbonyl (C=O) groups is 1. The Bertz CT molecular complexity index is 1360. The molecule has 0 spiro atoms. The van der Waals surface area contributed by atoms with Gasteiger partial charge in [-0.25, -0.2) is 4.68 Å².